The van der Waals surface area contributed by atoms with Crippen LogP contribution in [0.15, 0.2) is 121 Å². The molecular weight excluding hydrogens is 540 g/mol. The summed E-state index contributed by atoms with van der Waals surface area (Å²) in [6.45, 7) is 0.110. The number of aliphatic hydroxyl groups is 2. The Labute approximate surface area is 251 Å². The van der Waals surface area contributed by atoms with Crippen molar-refractivity contribution in [1.29, 1.82) is 0 Å². The molecule has 6 rings (SSSR count). The fraction of sp³-hybridized carbons (Fsp3) is 0.278. The van der Waals surface area contributed by atoms with E-state index in [1.807, 2.05) is 72.8 Å². The fourth-order valence-corrected chi connectivity index (χ4v) is 7.09. The smallest absolute Gasteiger partial charge is 0.323 e. The first-order valence-electron chi connectivity index (χ1n) is 14.8. The molecule has 0 saturated carbocycles. The number of fused-ring (bicyclic) bond motifs is 2. The molecule has 7 heteroatoms. The van der Waals surface area contributed by atoms with Gasteiger partial charge in [-0.25, -0.2) is 0 Å². The van der Waals surface area contributed by atoms with Gasteiger partial charge < -0.3 is 20.2 Å². The molecular formula is C36H36N2O5. The van der Waals surface area contributed by atoms with Gasteiger partial charge in [-0.3, -0.25) is 14.5 Å². The number of carbonyl (C=O) groups is 2. The van der Waals surface area contributed by atoms with E-state index < -0.39 is 35.8 Å². The average Bonchev–Trinajstić information content (AvgIpc) is 3.05. The summed E-state index contributed by atoms with van der Waals surface area (Å²) >= 11 is 0. The molecule has 3 N–H and O–H groups in total. The van der Waals surface area contributed by atoms with Crippen LogP contribution in [0.4, 0.5) is 0 Å². The summed E-state index contributed by atoms with van der Waals surface area (Å²) in [5.41, 5.74) is 0.680. The van der Waals surface area contributed by atoms with Gasteiger partial charge in [0.15, 0.2) is 5.60 Å². The number of benzene rings is 4. The fourth-order valence-electron chi connectivity index (χ4n) is 7.09. The minimum atomic E-state index is -1.91. The first kappa shape index (κ1) is 28.8. The van der Waals surface area contributed by atoms with E-state index in [0.29, 0.717) is 24.0 Å². The van der Waals surface area contributed by atoms with E-state index in [-0.39, 0.29) is 18.5 Å². The molecule has 2 aliphatic heterocycles. The van der Waals surface area contributed by atoms with E-state index in [0.717, 1.165) is 17.5 Å². The third kappa shape index (κ3) is 5.25. The number of hydrogen-bond donors (Lipinski definition) is 3. The van der Waals surface area contributed by atoms with E-state index in [2.05, 4.69) is 0 Å². The minimum absolute atomic E-state index is 0.110. The molecule has 2 aliphatic rings. The Morgan fingerprint density at radius 3 is 1.65 bits per heavy atom. The predicted molar refractivity (Wildman–Crippen MR) is 163 cm³/mol. The van der Waals surface area contributed by atoms with Crippen molar-refractivity contribution < 1.29 is 24.9 Å². The number of hydrogen-bond acceptors (Lipinski definition) is 5. The first-order chi connectivity index (χ1) is 20.9. The third-order valence-electron chi connectivity index (χ3n) is 9.07. The van der Waals surface area contributed by atoms with Gasteiger partial charge in [0.1, 0.15) is 12.3 Å². The number of piperidine rings is 1. The normalized spacial score (nSPS) is 21.4. The Morgan fingerprint density at radius 1 is 0.721 bits per heavy atom. The van der Waals surface area contributed by atoms with Crippen molar-refractivity contribution in [3.05, 3.63) is 144 Å². The average molecular weight is 577 g/mol. The lowest BCUT2D eigenvalue weighted by Crippen LogP contribution is -2.73. The van der Waals surface area contributed by atoms with Gasteiger partial charge in [0.05, 0.1) is 12.0 Å². The van der Waals surface area contributed by atoms with Crippen molar-refractivity contribution in [2.24, 2.45) is 0 Å². The van der Waals surface area contributed by atoms with Crippen LogP contribution in [0.2, 0.25) is 0 Å². The monoisotopic (exact) mass is 576 g/mol. The van der Waals surface area contributed by atoms with E-state index in [9.17, 15) is 24.9 Å². The van der Waals surface area contributed by atoms with Crippen LogP contribution in [0.1, 0.15) is 47.4 Å². The Balaban J connectivity index is 1.41. The van der Waals surface area contributed by atoms with Crippen LogP contribution in [-0.2, 0) is 15.2 Å². The lowest BCUT2D eigenvalue weighted by atomic mass is 9.79. The number of carboxylic acid groups (broad SMARTS) is 1. The van der Waals surface area contributed by atoms with Crippen molar-refractivity contribution >= 4 is 11.9 Å². The van der Waals surface area contributed by atoms with Crippen LogP contribution in [-0.4, -0.2) is 67.9 Å². The molecule has 2 bridgehead atoms. The first-order valence-corrected chi connectivity index (χ1v) is 14.8. The lowest BCUT2D eigenvalue weighted by molar-refractivity contribution is -0.198. The van der Waals surface area contributed by atoms with E-state index >= 15 is 0 Å². The number of nitrogens with zero attached hydrogens (tertiary/aromatic N) is 2. The van der Waals surface area contributed by atoms with Crippen molar-refractivity contribution in [3.63, 3.8) is 0 Å². The molecule has 2 fully saturated rings. The summed E-state index contributed by atoms with van der Waals surface area (Å²) in [4.78, 5) is 31.0. The number of piperazine rings is 1. The molecule has 43 heavy (non-hydrogen) atoms. The highest BCUT2D eigenvalue weighted by Gasteiger charge is 2.55. The maximum atomic E-state index is 14.6. The molecule has 4 aromatic rings. The molecule has 4 aromatic carbocycles. The topological polar surface area (TPSA) is 101 Å². The largest absolute Gasteiger partial charge is 0.480 e. The minimum Gasteiger partial charge on any atom is -0.480 e. The van der Waals surface area contributed by atoms with Gasteiger partial charge in [-0.05, 0) is 41.5 Å². The highest BCUT2D eigenvalue weighted by molar-refractivity contribution is 5.89. The second kappa shape index (κ2) is 12.1. The van der Waals surface area contributed by atoms with E-state index in [1.54, 1.807) is 53.4 Å². The molecule has 2 heterocycles. The molecule has 1 unspecified atom stereocenters. The second-order valence-corrected chi connectivity index (χ2v) is 11.5. The van der Waals surface area contributed by atoms with Gasteiger partial charge in [-0.15, -0.1) is 0 Å². The summed E-state index contributed by atoms with van der Waals surface area (Å²) in [5, 5.41) is 35.1. The van der Waals surface area contributed by atoms with Crippen molar-refractivity contribution in [3.8, 4) is 0 Å². The molecule has 0 aliphatic carbocycles. The maximum Gasteiger partial charge on any atom is 0.323 e. The zero-order valence-corrected chi connectivity index (χ0v) is 23.8. The number of amides is 1. The molecule has 0 spiro atoms. The van der Waals surface area contributed by atoms with Crippen LogP contribution >= 0.6 is 0 Å². The quantitative estimate of drug-likeness (QED) is 0.284. The lowest BCUT2D eigenvalue weighted by Gasteiger charge is -2.56. The van der Waals surface area contributed by atoms with Gasteiger partial charge in [0, 0.05) is 12.6 Å². The van der Waals surface area contributed by atoms with E-state index in [4.69, 9.17) is 0 Å². The molecule has 4 atom stereocenters. The molecule has 1 amide bonds. The summed E-state index contributed by atoms with van der Waals surface area (Å²) in [6, 6.07) is 34.6. The zero-order valence-electron chi connectivity index (χ0n) is 23.8. The Hall–Kier alpha value is -4.30. The Morgan fingerprint density at radius 2 is 1.19 bits per heavy atom. The molecule has 7 nitrogen and oxygen atoms in total. The summed E-state index contributed by atoms with van der Waals surface area (Å²) < 4.78 is 0. The van der Waals surface area contributed by atoms with Crippen LogP contribution < -0.4 is 0 Å². The number of carbonyl (C=O) groups excluding carboxylic acids is 1. The Bertz CT molecular complexity index is 1450. The number of aliphatic hydroxyl groups excluding tert-OH is 1. The standard InChI is InChI=1S/C36H36N2O5/c39-33(31(25-14-5-1-6-15-25)26-16-7-2-8-17-26)38-29-22-13-23-30(38)32(34(40)41)37(24-29)35(42)36(43,27-18-9-3-10-19-27)28-20-11-4-12-21-28/h1-12,14-21,29-32,35,42-43H,13,22-24H2,(H,40,41)/t29-,30+,32-,35?/m0/s1. The van der Waals surface area contributed by atoms with Crippen molar-refractivity contribution in [2.45, 2.75) is 55.1 Å². The predicted octanol–water partition coefficient (Wildman–Crippen LogP) is 4.59. The number of rotatable bonds is 8. The van der Waals surface area contributed by atoms with Gasteiger partial charge >= 0.3 is 5.97 Å². The summed E-state index contributed by atoms with van der Waals surface area (Å²) in [7, 11) is 0. The van der Waals surface area contributed by atoms with Crippen LogP contribution in [0.3, 0.4) is 0 Å². The molecule has 0 radical (unpaired) electrons. The Kier molecular flexibility index (Phi) is 8.13. The maximum absolute atomic E-state index is 14.6. The highest BCUT2D eigenvalue weighted by atomic mass is 16.4. The second-order valence-electron chi connectivity index (χ2n) is 11.5. The third-order valence-corrected chi connectivity index (χ3v) is 9.07. The number of likely N-dealkylation sites (tertiary alicyclic amines) is 1. The van der Waals surface area contributed by atoms with Crippen LogP contribution in [0.25, 0.3) is 0 Å². The molecule has 0 aromatic heterocycles. The van der Waals surface area contributed by atoms with Crippen molar-refractivity contribution in [2.75, 3.05) is 6.54 Å². The summed E-state index contributed by atoms with van der Waals surface area (Å²) in [5.74, 6) is -1.88. The van der Waals surface area contributed by atoms with E-state index in [1.165, 1.54) is 4.90 Å². The van der Waals surface area contributed by atoms with Gasteiger partial charge in [0.2, 0.25) is 5.91 Å². The van der Waals surface area contributed by atoms with Gasteiger partial charge in [-0.1, -0.05) is 121 Å². The van der Waals surface area contributed by atoms with Crippen molar-refractivity contribution in [1.82, 2.24) is 9.80 Å². The number of carboxylic acids is 1. The number of aliphatic carboxylic acids is 1. The highest BCUT2D eigenvalue weighted by Crippen LogP contribution is 2.42. The molecule has 2 saturated heterocycles. The summed E-state index contributed by atoms with van der Waals surface area (Å²) in [6.07, 6.45) is 0.338. The SMILES string of the molecule is O=C(O)[C@@H]1[C@H]2CCC[C@@H](CN1C(O)C(O)(c1ccccc1)c1ccccc1)N2C(=O)C(c1ccccc1)c1ccccc1. The zero-order chi connectivity index (χ0) is 30.0. The van der Waals surface area contributed by atoms with Gasteiger partial charge in [0.25, 0.3) is 0 Å². The van der Waals surface area contributed by atoms with Crippen LogP contribution in [0, 0.1) is 0 Å². The molecule has 220 valence electrons. The van der Waals surface area contributed by atoms with Gasteiger partial charge in [-0.2, -0.15) is 0 Å². The van der Waals surface area contributed by atoms with Crippen LogP contribution in [0.5, 0.6) is 0 Å².